The minimum Gasteiger partial charge on any atom is -0.341 e. The Balaban J connectivity index is 1.54. The molecule has 0 spiro atoms. The molecule has 0 bridgehead atoms. The van der Waals surface area contributed by atoms with Crippen LogP contribution >= 0.6 is 0 Å². The molecule has 6 nitrogen and oxygen atoms in total. The first-order valence-electron chi connectivity index (χ1n) is 9.63. The van der Waals surface area contributed by atoms with E-state index in [-0.39, 0.29) is 6.04 Å². The van der Waals surface area contributed by atoms with E-state index >= 15 is 0 Å². The summed E-state index contributed by atoms with van der Waals surface area (Å²) < 4.78 is 0. The normalized spacial score (nSPS) is 21.6. The standard InChI is InChI=1S/C20H27N5O/c1-15-21-20(23-22-15)18-14-25(19(26)12-16-8-9-16)11-5-10-24(18)13-17-6-3-2-4-7-17/h2-4,6-7,16,18H,5,8-14H2,1H3,(H,21,22,23). The van der Waals surface area contributed by atoms with Crippen molar-refractivity contribution in [3.05, 3.63) is 47.5 Å². The van der Waals surface area contributed by atoms with Crippen LogP contribution < -0.4 is 0 Å². The second kappa shape index (κ2) is 7.58. The summed E-state index contributed by atoms with van der Waals surface area (Å²) >= 11 is 0. The summed E-state index contributed by atoms with van der Waals surface area (Å²) in [4.78, 5) is 21.8. The van der Waals surface area contributed by atoms with Crippen LogP contribution in [0.3, 0.4) is 0 Å². The number of rotatable bonds is 5. The molecule has 2 fully saturated rings. The molecule has 2 aliphatic rings. The van der Waals surface area contributed by atoms with Crippen molar-refractivity contribution in [3.63, 3.8) is 0 Å². The number of hydrogen-bond donors (Lipinski definition) is 1. The monoisotopic (exact) mass is 353 g/mol. The molecule has 4 rings (SSSR count). The molecule has 138 valence electrons. The smallest absolute Gasteiger partial charge is 0.222 e. The van der Waals surface area contributed by atoms with Crippen LogP contribution in [-0.4, -0.2) is 50.5 Å². The molecule has 2 aromatic rings. The molecule has 1 atom stereocenters. The Bertz CT molecular complexity index is 740. The van der Waals surface area contributed by atoms with E-state index in [1.54, 1.807) is 0 Å². The Morgan fingerprint density at radius 1 is 1.23 bits per heavy atom. The molecule has 1 aliphatic carbocycles. The van der Waals surface area contributed by atoms with E-state index in [0.29, 0.717) is 24.8 Å². The third-order valence-electron chi connectivity index (χ3n) is 5.36. The quantitative estimate of drug-likeness (QED) is 0.898. The van der Waals surface area contributed by atoms with Crippen LogP contribution in [0.5, 0.6) is 0 Å². The van der Waals surface area contributed by atoms with Gasteiger partial charge in [0.05, 0.1) is 6.04 Å². The van der Waals surface area contributed by atoms with Crippen molar-refractivity contribution < 1.29 is 4.79 Å². The van der Waals surface area contributed by atoms with Gasteiger partial charge in [-0.1, -0.05) is 30.3 Å². The van der Waals surface area contributed by atoms with Gasteiger partial charge >= 0.3 is 0 Å². The molecule has 0 radical (unpaired) electrons. The van der Waals surface area contributed by atoms with Gasteiger partial charge in [0.1, 0.15) is 5.82 Å². The number of hydrogen-bond acceptors (Lipinski definition) is 4. The molecule has 6 heteroatoms. The number of benzene rings is 1. The summed E-state index contributed by atoms with van der Waals surface area (Å²) in [5, 5.41) is 7.39. The minimum absolute atomic E-state index is 0.0332. The fraction of sp³-hybridized carbons (Fsp3) is 0.550. The van der Waals surface area contributed by atoms with Crippen LogP contribution in [0, 0.1) is 12.8 Å². The molecule has 1 aromatic carbocycles. The third-order valence-corrected chi connectivity index (χ3v) is 5.36. The highest BCUT2D eigenvalue weighted by molar-refractivity contribution is 5.76. The highest BCUT2D eigenvalue weighted by Gasteiger charge is 2.33. The second-order valence-electron chi connectivity index (χ2n) is 7.59. The molecule has 2 heterocycles. The highest BCUT2D eigenvalue weighted by Crippen LogP contribution is 2.33. The predicted octanol–water partition coefficient (Wildman–Crippen LogP) is 2.69. The van der Waals surface area contributed by atoms with E-state index in [2.05, 4.69) is 44.3 Å². The predicted molar refractivity (Wildman–Crippen MR) is 99.3 cm³/mol. The van der Waals surface area contributed by atoms with Crippen LogP contribution in [0.4, 0.5) is 0 Å². The first-order valence-corrected chi connectivity index (χ1v) is 9.63. The van der Waals surface area contributed by atoms with E-state index in [9.17, 15) is 4.79 Å². The molecular weight excluding hydrogens is 326 g/mol. The topological polar surface area (TPSA) is 65.1 Å². The van der Waals surface area contributed by atoms with Gasteiger partial charge in [0.25, 0.3) is 0 Å². The lowest BCUT2D eigenvalue weighted by molar-refractivity contribution is -0.132. The van der Waals surface area contributed by atoms with Gasteiger partial charge in [-0.3, -0.25) is 14.8 Å². The maximum atomic E-state index is 12.7. The van der Waals surface area contributed by atoms with Crippen molar-refractivity contribution in [3.8, 4) is 0 Å². The molecule has 26 heavy (non-hydrogen) atoms. The van der Waals surface area contributed by atoms with E-state index in [1.807, 2.05) is 17.9 Å². The number of nitrogens with one attached hydrogen (secondary N) is 1. The first-order chi connectivity index (χ1) is 12.7. The maximum absolute atomic E-state index is 12.7. The Morgan fingerprint density at radius 2 is 2.04 bits per heavy atom. The zero-order valence-corrected chi connectivity index (χ0v) is 15.4. The van der Waals surface area contributed by atoms with Crippen LogP contribution in [0.15, 0.2) is 30.3 Å². The zero-order valence-electron chi connectivity index (χ0n) is 15.4. The molecule has 1 saturated carbocycles. The number of carbonyl (C=O) groups excluding carboxylic acids is 1. The molecule has 1 aliphatic heterocycles. The van der Waals surface area contributed by atoms with Crippen LogP contribution in [0.2, 0.25) is 0 Å². The first kappa shape index (κ1) is 17.2. The van der Waals surface area contributed by atoms with E-state index in [0.717, 1.165) is 37.7 Å². The van der Waals surface area contributed by atoms with Gasteiger partial charge in [-0.15, -0.1) is 0 Å². The maximum Gasteiger partial charge on any atom is 0.222 e. The Hall–Kier alpha value is -2.21. The number of aryl methyl sites for hydroxylation is 1. The molecule has 1 saturated heterocycles. The van der Waals surface area contributed by atoms with Gasteiger partial charge in [-0.2, -0.15) is 5.10 Å². The van der Waals surface area contributed by atoms with Crippen molar-refractivity contribution in [1.29, 1.82) is 0 Å². The second-order valence-corrected chi connectivity index (χ2v) is 7.59. The molecule has 1 aromatic heterocycles. The summed E-state index contributed by atoms with van der Waals surface area (Å²) in [5.74, 6) is 2.53. The third kappa shape index (κ3) is 4.12. The van der Waals surface area contributed by atoms with Crippen molar-refractivity contribution in [2.75, 3.05) is 19.6 Å². The Kier molecular flexibility index (Phi) is 5.02. The molecule has 1 unspecified atom stereocenters. The molecule has 1 amide bonds. The van der Waals surface area contributed by atoms with Crippen molar-refractivity contribution in [1.82, 2.24) is 25.0 Å². The van der Waals surface area contributed by atoms with E-state index < -0.39 is 0 Å². The van der Waals surface area contributed by atoms with Crippen LogP contribution in [0.1, 0.15) is 48.9 Å². The van der Waals surface area contributed by atoms with Crippen LogP contribution in [-0.2, 0) is 11.3 Å². The lowest BCUT2D eigenvalue weighted by Crippen LogP contribution is -2.38. The van der Waals surface area contributed by atoms with Crippen molar-refractivity contribution in [2.24, 2.45) is 5.92 Å². The number of aromatic nitrogens is 3. The fourth-order valence-corrected chi connectivity index (χ4v) is 3.72. The van der Waals surface area contributed by atoms with Gasteiger partial charge in [0.15, 0.2) is 5.82 Å². The summed E-state index contributed by atoms with van der Waals surface area (Å²) in [5.41, 5.74) is 1.28. The lowest BCUT2D eigenvalue weighted by atomic mass is 10.1. The average Bonchev–Trinajstić information content (AvgIpc) is 3.39. The number of H-pyrrole nitrogens is 1. The van der Waals surface area contributed by atoms with Gasteiger partial charge in [0.2, 0.25) is 5.91 Å². The lowest BCUT2D eigenvalue weighted by Gasteiger charge is -2.30. The summed E-state index contributed by atoms with van der Waals surface area (Å²) in [6.45, 7) is 5.22. The van der Waals surface area contributed by atoms with Gasteiger partial charge < -0.3 is 4.90 Å². The SMILES string of the molecule is Cc1nc(C2CN(C(=O)CC3CC3)CCCN2Cc2ccccc2)n[nH]1. The van der Waals surface area contributed by atoms with Crippen molar-refractivity contribution in [2.45, 2.75) is 45.2 Å². The van der Waals surface area contributed by atoms with E-state index in [4.69, 9.17) is 0 Å². The van der Waals surface area contributed by atoms with Gasteiger partial charge in [0, 0.05) is 32.6 Å². The van der Waals surface area contributed by atoms with Crippen LogP contribution in [0.25, 0.3) is 0 Å². The summed E-state index contributed by atoms with van der Waals surface area (Å²) in [7, 11) is 0. The number of nitrogens with zero attached hydrogens (tertiary/aromatic N) is 4. The van der Waals surface area contributed by atoms with Crippen molar-refractivity contribution >= 4 is 5.91 Å². The van der Waals surface area contributed by atoms with Gasteiger partial charge in [-0.25, -0.2) is 4.98 Å². The summed E-state index contributed by atoms with van der Waals surface area (Å²) in [6, 6.07) is 10.5. The Morgan fingerprint density at radius 3 is 2.73 bits per heavy atom. The highest BCUT2D eigenvalue weighted by atomic mass is 16.2. The zero-order chi connectivity index (χ0) is 17.9. The molecular formula is C20H27N5O. The fourth-order valence-electron chi connectivity index (χ4n) is 3.72. The minimum atomic E-state index is 0.0332. The van der Waals surface area contributed by atoms with E-state index in [1.165, 1.54) is 18.4 Å². The average molecular weight is 353 g/mol. The number of aromatic amines is 1. The van der Waals surface area contributed by atoms with Gasteiger partial charge in [-0.05, 0) is 37.7 Å². The molecule has 1 N–H and O–H groups in total. The number of amides is 1. The largest absolute Gasteiger partial charge is 0.341 e. The Labute approximate surface area is 154 Å². The number of carbonyl (C=O) groups is 1. The summed E-state index contributed by atoms with van der Waals surface area (Å²) in [6.07, 6.45) is 4.12.